The van der Waals surface area contributed by atoms with Crippen LogP contribution in [0.4, 0.5) is 0 Å². The summed E-state index contributed by atoms with van der Waals surface area (Å²) in [6.07, 6.45) is 2.12. The van der Waals surface area contributed by atoms with Gasteiger partial charge in [-0.3, -0.25) is 4.79 Å². The molecule has 0 spiro atoms. The van der Waals surface area contributed by atoms with Crippen LogP contribution in [0.2, 0.25) is 0 Å². The van der Waals surface area contributed by atoms with Gasteiger partial charge < -0.3 is 9.15 Å². The number of hydrogen-bond acceptors (Lipinski definition) is 4. The second-order valence-corrected chi connectivity index (χ2v) is 6.04. The number of amides is 1. The van der Waals surface area contributed by atoms with Crippen LogP contribution in [-0.2, 0) is 0 Å². The number of carbonyl (C=O) groups is 1. The molecule has 3 aromatic rings. The first-order chi connectivity index (χ1) is 12.8. The Balaban J connectivity index is 1.73. The van der Waals surface area contributed by atoms with Gasteiger partial charge in [0.2, 0.25) is 0 Å². The van der Waals surface area contributed by atoms with Crippen molar-refractivity contribution in [1.29, 1.82) is 0 Å². The maximum atomic E-state index is 12.9. The fourth-order valence-corrected chi connectivity index (χ4v) is 3.12. The highest BCUT2D eigenvalue weighted by Gasteiger charge is 2.34. The molecule has 0 saturated carbocycles. The average Bonchev–Trinajstić information content (AvgIpc) is 3.38. The molecular weight excluding hydrogens is 328 g/mol. The van der Waals surface area contributed by atoms with Crippen LogP contribution in [0.15, 0.2) is 82.5 Å². The third-order valence-electron chi connectivity index (χ3n) is 4.44. The molecule has 0 aliphatic carbocycles. The SMILES string of the molecule is COc1cccc([C@@H]2CC(c3ccccc3)=NN2C(=O)c2ccco2)c1. The lowest BCUT2D eigenvalue weighted by Gasteiger charge is -2.21. The molecule has 4 rings (SSSR count). The molecule has 1 amide bonds. The van der Waals surface area contributed by atoms with Crippen molar-refractivity contribution in [1.82, 2.24) is 5.01 Å². The summed E-state index contributed by atoms with van der Waals surface area (Å²) in [6.45, 7) is 0. The molecule has 5 nitrogen and oxygen atoms in total. The van der Waals surface area contributed by atoms with Crippen molar-refractivity contribution >= 4 is 11.6 Å². The molecule has 0 unspecified atom stereocenters. The van der Waals surface area contributed by atoms with E-state index in [0.29, 0.717) is 6.42 Å². The third kappa shape index (κ3) is 2.99. The van der Waals surface area contributed by atoms with Crippen molar-refractivity contribution < 1.29 is 13.9 Å². The van der Waals surface area contributed by atoms with E-state index in [4.69, 9.17) is 9.15 Å². The van der Waals surface area contributed by atoms with E-state index in [1.807, 2.05) is 54.6 Å². The summed E-state index contributed by atoms with van der Waals surface area (Å²) in [5.74, 6) is 0.769. The number of ether oxygens (including phenoxy) is 1. The molecular formula is C21H18N2O3. The lowest BCUT2D eigenvalue weighted by molar-refractivity contribution is 0.0678. The van der Waals surface area contributed by atoms with E-state index in [0.717, 1.165) is 22.6 Å². The van der Waals surface area contributed by atoms with Crippen LogP contribution in [0.5, 0.6) is 5.75 Å². The van der Waals surface area contributed by atoms with Crippen molar-refractivity contribution in [2.45, 2.75) is 12.5 Å². The monoisotopic (exact) mass is 346 g/mol. The minimum Gasteiger partial charge on any atom is -0.497 e. The molecule has 1 aliphatic rings. The van der Waals surface area contributed by atoms with Gasteiger partial charge >= 0.3 is 5.91 Å². The molecule has 0 bridgehead atoms. The Morgan fingerprint density at radius 1 is 1.12 bits per heavy atom. The largest absolute Gasteiger partial charge is 0.497 e. The first kappa shape index (κ1) is 16.1. The maximum Gasteiger partial charge on any atom is 0.310 e. The van der Waals surface area contributed by atoms with Crippen molar-refractivity contribution in [2.75, 3.05) is 7.11 Å². The number of rotatable bonds is 4. The summed E-state index contributed by atoms with van der Waals surface area (Å²) in [4.78, 5) is 12.9. The van der Waals surface area contributed by atoms with Crippen molar-refractivity contribution in [3.05, 3.63) is 89.9 Å². The van der Waals surface area contributed by atoms with Gasteiger partial charge in [-0.15, -0.1) is 0 Å². The lowest BCUT2D eigenvalue weighted by atomic mass is 9.98. The number of nitrogens with zero attached hydrogens (tertiary/aromatic N) is 2. The van der Waals surface area contributed by atoms with Gasteiger partial charge in [-0.25, -0.2) is 5.01 Å². The lowest BCUT2D eigenvalue weighted by Crippen LogP contribution is -2.26. The highest BCUT2D eigenvalue weighted by Crippen LogP contribution is 2.35. The molecule has 130 valence electrons. The van der Waals surface area contributed by atoms with Crippen LogP contribution in [0.1, 0.15) is 34.1 Å². The highest BCUT2D eigenvalue weighted by molar-refractivity contribution is 6.04. The normalized spacial score (nSPS) is 16.4. The quantitative estimate of drug-likeness (QED) is 0.708. The number of furan rings is 1. The van der Waals surface area contributed by atoms with Gasteiger partial charge in [-0.2, -0.15) is 5.10 Å². The molecule has 1 aliphatic heterocycles. The molecule has 0 N–H and O–H groups in total. The van der Waals surface area contributed by atoms with Crippen molar-refractivity contribution in [3.63, 3.8) is 0 Å². The Morgan fingerprint density at radius 2 is 1.96 bits per heavy atom. The van der Waals surface area contributed by atoms with Crippen LogP contribution < -0.4 is 4.74 Å². The Kier molecular flexibility index (Phi) is 4.27. The van der Waals surface area contributed by atoms with E-state index < -0.39 is 0 Å². The number of carbonyl (C=O) groups excluding carboxylic acids is 1. The van der Waals surface area contributed by atoms with Crippen LogP contribution in [-0.4, -0.2) is 23.7 Å². The van der Waals surface area contributed by atoms with Crippen LogP contribution in [0.25, 0.3) is 0 Å². The summed E-state index contributed by atoms with van der Waals surface area (Å²) in [5.41, 5.74) is 2.85. The van der Waals surface area contributed by atoms with Gasteiger partial charge in [0.15, 0.2) is 5.76 Å². The molecule has 0 fully saturated rings. The number of hydrogen-bond donors (Lipinski definition) is 0. The first-order valence-electron chi connectivity index (χ1n) is 8.40. The summed E-state index contributed by atoms with van der Waals surface area (Å²) in [7, 11) is 1.63. The number of benzene rings is 2. The van der Waals surface area contributed by atoms with E-state index in [1.54, 1.807) is 19.2 Å². The standard InChI is InChI=1S/C21H18N2O3/c1-25-17-10-5-9-16(13-17)19-14-18(15-7-3-2-4-8-15)22-23(19)21(24)20-11-6-12-26-20/h2-13,19H,14H2,1H3/t19-/m0/s1. The summed E-state index contributed by atoms with van der Waals surface area (Å²) in [5, 5.41) is 6.14. The Morgan fingerprint density at radius 3 is 2.69 bits per heavy atom. The van der Waals surface area contributed by atoms with Gasteiger partial charge in [0.05, 0.1) is 25.1 Å². The third-order valence-corrected chi connectivity index (χ3v) is 4.44. The maximum absolute atomic E-state index is 12.9. The van der Waals surface area contributed by atoms with Gasteiger partial charge in [-0.05, 0) is 35.4 Å². The molecule has 0 radical (unpaired) electrons. The van der Waals surface area contributed by atoms with Crippen molar-refractivity contribution in [2.24, 2.45) is 5.10 Å². The van der Waals surface area contributed by atoms with Crippen molar-refractivity contribution in [3.8, 4) is 5.75 Å². The zero-order valence-corrected chi connectivity index (χ0v) is 14.3. The van der Waals surface area contributed by atoms with Crippen LogP contribution in [0, 0.1) is 0 Å². The van der Waals surface area contributed by atoms with Gasteiger partial charge in [0, 0.05) is 6.42 Å². The Bertz CT molecular complexity index is 933. The van der Waals surface area contributed by atoms with Gasteiger partial charge in [-0.1, -0.05) is 42.5 Å². The molecule has 5 heteroatoms. The fraction of sp³-hybridized carbons (Fsp3) is 0.143. The summed E-state index contributed by atoms with van der Waals surface area (Å²) >= 11 is 0. The predicted molar refractivity (Wildman–Crippen MR) is 98.2 cm³/mol. The molecule has 26 heavy (non-hydrogen) atoms. The second kappa shape index (κ2) is 6.88. The van der Waals surface area contributed by atoms with E-state index >= 15 is 0 Å². The van der Waals surface area contributed by atoms with E-state index in [9.17, 15) is 4.79 Å². The van der Waals surface area contributed by atoms with E-state index in [1.165, 1.54) is 11.3 Å². The van der Waals surface area contributed by atoms with Gasteiger partial charge in [0.25, 0.3) is 0 Å². The van der Waals surface area contributed by atoms with Gasteiger partial charge in [0.1, 0.15) is 5.75 Å². The Labute approximate surface area is 151 Å². The number of methoxy groups -OCH3 is 1. The predicted octanol–water partition coefficient (Wildman–Crippen LogP) is 4.28. The minimum atomic E-state index is -0.256. The molecule has 0 saturated heterocycles. The molecule has 2 aromatic carbocycles. The molecule has 2 heterocycles. The van der Waals surface area contributed by atoms with E-state index in [-0.39, 0.29) is 17.7 Å². The number of hydrazone groups is 1. The average molecular weight is 346 g/mol. The zero-order chi connectivity index (χ0) is 17.9. The fourth-order valence-electron chi connectivity index (χ4n) is 3.12. The minimum absolute atomic E-state index is 0.210. The first-order valence-corrected chi connectivity index (χ1v) is 8.40. The van der Waals surface area contributed by atoms with E-state index in [2.05, 4.69) is 5.10 Å². The second-order valence-electron chi connectivity index (χ2n) is 6.04. The molecule has 1 aromatic heterocycles. The topological polar surface area (TPSA) is 55.0 Å². The molecule has 1 atom stereocenters. The smallest absolute Gasteiger partial charge is 0.310 e. The van der Waals surface area contributed by atoms with Crippen LogP contribution >= 0.6 is 0 Å². The zero-order valence-electron chi connectivity index (χ0n) is 14.3. The highest BCUT2D eigenvalue weighted by atomic mass is 16.5. The van der Waals surface area contributed by atoms with Crippen LogP contribution in [0.3, 0.4) is 0 Å². The summed E-state index contributed by atoms with van der Waals surface area (Å²) < 4.78 is 10.6. The Hall–Kier alpha value is -3.34. The summed E-state index contributed by atoms with van der Waals surface area (Å²) in [6, 6.07) is 20.8.